The van der Waals surface area contributed by atoms with Crippen LogP contribution in [-0.4, -0.2) is 10.2 Å². The normalized spacial score (nSPS) is 21.1. The van der Waals surface area contributed by atoms with Crippen LogP contribution in [0.3, 0.4) is 0 Å². The molecule has 0 saturated carbocycles. The van der Waals surface area contributed by atoms with Gasteiger partial charge in [0.2, 0.25) is 0 Å². The van der Waals surface area contributed by atoms with Crippen LogP contribution in [0, 0.1) is 0 Å². The van der Waals surface area contributed by atoms with Gasteiger partial charge in [-0.1, -0.05) is 109 Å². The van der Waals surface area contributed by atoms with Crippen molar-refractivity contribution in [3.05, 3.63) is 148 Å². The van der Waals surface area contributed by atoms with Crippen molar-refractivity contribution in [1.82, 2.24) is 0 Å². The zero-order valence-electron chi connectivity index (χ0n) is 18.7. The highest BCUT2D eigenvalue weighted by atomic mass is 16.3. The van der Waals surface area contributed by atoms with E-state index in [0.717, 1.165) is 68.5 Å². The Hall–Kier alpha value is -3.72. The topological polar surface area (TPSA) is 40.5 Å². The standard InChI is InChI=1S/C32H24O2/c33-31(27-13-5-1-9-23(27)24-10-2-6-14-28(24)31)21-17-19-22(20-18-21)32(34)29-15-7-3-11-25(29)26-12-4-8-16-30(26)32/h1-7,9-15,17-20,33-34H,8,16H2. The highest BCUT2D eigenvalue weighted by Crippen LogP contribution is 2.54. The van der Waals surface area contributed by atoms with Gasteiger partial charge in [0.25, 0.3) is 0 Å². The van der Waals surface area contributed by atoms with Gasteiger partial charge in [-0.3, -0.25) is 0 Å². The molecular weight excluding hydrogens is 416 g/mol. The molecule has 2 N–H and O–H groups in total. The largest absolute Gasteiger partial charge is 0.376 e. The summed E-state index contributed by atoms with van der Waals surface area (Å²) in [6, 6.07) is 32.2. The van der Waals surface area contributed by atoms with Crippen LogP contribution in [0.15, 0.2) is 115 Å². The van der Waals surface area contributed by atoms with Gasteiger partial charge in [-0.2, -0.15) is 0 Å². The molecule has 0 radical (unpaired) electrons. The van der Waals surface area contributed by atoms with Gasteiger partial charge in [0, 0.05) is 16.7 Å². The van der Waals surface area contributed by atoms with E-state index in [1.807, 2.05) is 78.9 Å². The van der Waals surface area contributed by atoms with Crippen molar-refractivity contribution in [3.63, 3.8) is 0 Å². The number of fused-ring (bicyclic) bond motifs is 5. The molecule has 1 atom stereocenters. The molecule has 4 aromatic rings. The average molecular weight is 441 g/mol. The molecular formula is C32H24O2. The van der Waals surface area contributed by atoms with Crippen LogP contribution in [-0.2, 0) is 11.2 Å². The SMILES string of the molecule is OC1(c2ccc(C3(O)c4ccccc4-c4ccccc43)cc2)C2=C(C=CCC2)c2ccccc21. The number of aliphatic hydroxyl groups is 2. The van der Waals surface area contributed by atoms with Gasteiger partial charge in [-0.05, 0) is 51.8 Å². The molecule has 0 fully saturated rings. The third kappa shape index (κ3) is 2.37. The maximum absolute atomic E-state index is 12.2. The van der Waals surface area contributed by atoms with Gasteiger partial charge in [-0.15, -0.1) is 0 Å². The molecule has 0 spiro atoms. The lowest BCUT2D eigenvalue weighted by atomic mass is 9.78. The lowest BCUT2D eigenvalue weighted by molar-refractivity contribution is 0.119. The lowest BCUT2D eigenvalue weighted by Gasteiger charge is -2.31. The Balaban J connectivity index is 1.39. The van der Waals surface area contributed by atoms with Crippen LogP contribution in [0.4, 0.5) is 0 Å². The fraction of sp³-hybridized carbons (Fsp3) is 0.125. The van der Waals surface area contributed by atoms with E-state index in [4.69, 9.17) is 0 Å². The Kier molecular flexibility index (Phi) is 4.00. The van der Waals surface area contributed by atoms with Crippen molar-refractivity contribution in [3.8, 4) is 11.1 Å². The van der Waals surface area contributed by atoms with E-state index in [1.165, 1.54) is 0 Å². The van der Waals surface area contributed by atoms with E-state index in [1.54, 1.807) is 0 Å². The zero-order valence-corrected chi connectivity index (χ0v) is 18.7. The van der Waals surface area contributed by atoms with Gasteiger partial charge in [0.05, 0.1) is 0 Å². The van der Waals surface area contributed by atoms with E-state index in [2.05, 4.69) is 30.4 Å². The molecule has 0 saturated heterocycles. The van der Waals surface area contributed by atoms with Gasteiger partial charge in [0.1, 0.15) is 11.2 Å². The van der Waals surface area contributed by atoms with E-state index in [-0.39, 0.29) is 0 Å². The average Bonchev–Trinajstić information content (AvgIpc) is 3.33. The predicted octanol–water partition coefficient (Wildman–Crippen LogP) is 6.30. The molecule has 1 unspecified atom stereocenters. The summed E-state index contributed by atoms with van der Waals surface area (Å²) in [6.07, 6.45) is 6.11. The Labute approximate surface area is 199 Å². The fourth-order valence-corrected chi connectivity index (χ4v) is 6.29. The highest BCUT2D eigenvalue weighted by molar-refractivity contribution is 5.88. The van der Waals surface area contributed by atoms with Crippen molar-refractivity contribution in [2.75, 3.05) is 0 Å². The Bertz CT molecular complexity index is 1480. The zero-order chi connectivity index (χ0) is 22.9. The third-order valence-corrected chi connectivity index (χ3v) is 7.86. The molecule has 34 heavy (non-hydrogen) atoms. The third-order valence-electron chi connectivity index (χ3n) is 7.86. The minimum Gasteiger partial charge on any atom is -0.376 e. The second kappa shape index (κ2) is 6.89. The summed E-state index contributed by atoms with van der Waals surface area (Å²) in [5, 5.41) is 24.3. The van der Waals surface area contributed by atoms with E-state index >= 15 is 0 Å². The Morgan fingerprint density at radius 2 is 1.00 bits per heavy atom. The maximum Gasteiger partial charge on any atom is 0.141 e. The summed E-state index contributed by atoms with van der Waals surface area (Å²) < 4.78 is 0. The number of rotatable bonds is 2. The molecule has 3 aliphatic rings. The molecule has 0 aliphatic heterocycles. The second-order valence-electron chi connectivity index (χ2n) is 9.47. The molecule has 2 heteroatoms. The van der Waals surface area contributed by atoms with E-state index < -0.39 is 11.2 Å². The molecule has 164 valence electrons. The minimum atomic E-state index is -1.22. The summed E-state index contributed by atoms with van der Waals surface area (Å²) in [4.78, 5) is 0. The summed E-state index contributed by atoms with van der Waals surface area (Å²) in [6.45, 7) is 0. The van der Waals surface area contributed by atoms with Crippen LogP contribution in [0.25, 0.3) is 16.7 Å². The molecule has 2 nitrogen and oxygen atoms in total. The van der Waals surface area contributed by atoms with Gasteiger partial charge < -0.3 is 10.2 Å². The van der Waals surface area contributed by atoms with E-state index in [0.29, 0.717) is 0 Å². The first-order valence-electron chi connectivity index (χ1n) is 11.9. The number of hydrogen-bond acceptors (Lipinski definition) is 2. The second-order valence-corrected chi connectivity index (χ2v) is 9.47. The molecule has 0 bridgehead atoms. The van der Waals surface area contributed by atoms with Crippen molar-refractivity contribution in [2.24, 2.45) is 0 Å². The summed E-state index contributed by atoms with van der Waals surface area (Å²) in [7, 11) is 0. The number of benzene rings is 4. The quantitative estimate of drug-likeness (QED) is 0.384. The number of allylic oxidation sites excluding steroid dienone is 3. The fourth-order valence-electron chi connectivity index (χ4n) is 6.29. The van der Waals surface area contributed by atoms with Crippen molar-refractivity contribution in [2.45, 2.75) is 24.0 Å². The predicted molar refractivity (Wildman–Crippen MR) is 135 cm³/mol. The van der Waals surface area contributed by atoms with Crippen LogP contribution in [0.1, 0.15) is 46.2 Å². The van der Waals surface area contributed by atoms with Crippen molar-refractivity contribution >= 4 is 5.57 Å². The van der Waals surface area contributed by atoms with Gasteiger partial charge >= 0.3 is 0 Å². The van der Waals surface area contributed by atoms with E-state index in [9.17, 15) is 10.2 Å². The smallest absolute Gasteiger partial charge is 0.141 e. The maximum atomic E-state index is 12.2. The first-order valence-corrected chi connectivity index (χ1v) is 11.9. The summed E-state index contributed by atoms with van der Waals surface area (Å²) in [5.74, 6) is 0. The first-order chi connectivity index (χ1) is 16.6. The van der Waals surface area contributed by atoms with Gasteiger partial charge in [-0.25, -0.2) is 0 Å². The molecule has 0 amide bonds. The Morgan fingerprint density at radius 3 is 1.59 bits per heavy atom. The molecule has 4 aromatic carbocycles. The monoisotopic (exact) mass is 440 g/mol. The summed E-state index contributed by atoms with van der Waals surface area (Å²) >= 11 is 0. The molecule has 3 aliphatic carbocycles. The van der Waals surface area contributed by atoms with Crippen LogP contribution in [0.2, 0.25) is 0 Å². The number of hydrogen-bond donors (Lipinski definition) is 2. The highest BCUT2D eigenvalue weighted by Gasteiger charge is 2.46. The van der Waals surface area contributed by atoms with Crippen LogP contribution in [0.5, 0.6) is 0 Å². The minimum absolute atomic E-state index is 0.807. The Morgan fingerprint density at radius 1 is 0.529 bits per heavy atom. The van der Waals surface area contributed by atoms with Crippen molar-refractivity contribution in [1.29, 1.82) is 0 Å². The molecule has 0 aromatic heterocycles. The summed E-state index contributed by atoms with van der Waals surface area (Å²) in [5.41, 5.74) is 7.47. The molecule has 0 heterocycles. The lowest BCUT2D eigenvalue weighted by Crippen LogP contribution is -2.29. The van der Waals surface area contributed by atoms with Gasteiger partial charge in [0.15, 0.2) is 0 Å². The molecule has 7 rings (SSSR count). The van der Waals surface area contributed by atoms with Crippen molar-refractivity contribution < 1.29 is 10.2 Å². The van der Waals surface area contributed by atoms with Crippen LogP contribution >= 0.6 is 0 Å². The first kappa shape index (κ1) is 19.7. The van der Waals surface area contributed by atoms with Crippen LogP contribution < -0.4 is 0 Å².